The van der Waals surface area contributed by atoms with Gasteiger partial charge in [0.25, 0.3) is 0 Å². The normalized spacial score (nSPS) is 23.9. The summed E-state index contributed by atoms with van der Waals surface area (Å²) in [6.07, 6.45) is 15.7. The third-order valence-electron chi connectivity index (χ3n) is 8.31. The Labute approximate surface area is 212 Å². The zero-order valence-corrected chi connectivity index (χ0v) is 22.2. The number of likely N-dealkylation sites (N-methyl/N-ethyl adjacent to an activating group) is 1. The first kappa shape index (κ1) is 28.0. The lowest BCUT2D eigenvalue weighted by molar-refractivity contribution is -0.0505. The molecule has 0 bridgehead atoms. The Morgan fingerprint density at radius 3 is 2.31 bits per heavy atom. The van der Waals surface area contributed by atoms with Crippen molar-refractivity contribution in [1.29, 1.82) is 0 Å². The molecule has 0 aromatic heterocycles. The minimum Gasteiger partial charge on any atom is -0.453 e. The maximum Gasteiger partial charge on any atom is 0.406 e. The summed E-state index contributed by atoms with van der Waals surface area (Å²) < 4.78 is 11.1. The molecule has 0 spiro atoms. The van der Waals surface area contributed by atoms with Crippen molar-refractivity contribution in [3.8, 4) is 0 Å². The van der Waals surface area contributed by atoms with Crippen molar-refractivity contribution in [2.75, 3.05) is 46.9 Å². The van der Waals surface area contributed by atoms with Gasteiger partial charge in [-0.1, -0.05) is 51.4 Å². The monoisotopic (exact) mass is 494 g/mol. The van der Waals surface area contributed by atoms with Gasteiger partial charge in [-0.05, 0) is 51.0 Å². The van der Waals surface area contributed by atoms with Crippen LogP contribution in [0.3, 0.4) is 0 Å². The molecule has 3 aliphatic rings. The van der Waals surface area contributed by atoms with E-state index in [4.69, 9.17) is 4.74 Å². The zero-order chi connectivity index (χ0) is 24.9. The predicted molar refractivity (Wildman–Crippen MR) is 138 cm³/mol. The number of ether oxygens (including phenoxy) is 2. The predicted octanol–water partition coefficient (Wildman–Crippen LogP) is 4.29. The van der Waals surface area contributed by atoms with Gasteiger partial charge < -0.3 is 30.3 Å². The summed E-state index contributed by atoms with van der Waals surface area (Å²) in [6.45, 7) is 3.32. The van der Waals surface area contributed by atoms with Crippen molar-refractivity contribution < 1.29 is 19.1 Å². The molecule has 3 amide bonds. The van der Waals surface area contributed by atoms with Crippen molar-refractivity contribution in [2.45, 2.75) is 95.6 Å². The van der Waals surface area contributed by atoms with Crippen LogP contribution in [0.4, 0.5) is 9.59 Å². The molecule has 8 nitrogen and oxygen atoms in total. The number of rotatable bonds is 11. The molecule has 8 heteroatoms. The number of likely N-dealkylation sites (tertiary alicyclic amines) is 1. The summed E-state index contributed by atoms with van der Waals surface area (Å²) in [5, 5.41) is 9.37. The second-order valence-electron chi connectivity index (χ2n) is 10.9. The number of carbonyl (C=O) groups is 2. The molecule has 1 heterocycles. The first-order chi connectivity index (χ1) is 17.1. The molecule has 1 saturated heterocycles. The second-order valence-corrected chi connectivity index (χ2v) is 10.9. The van der Waals surface area contributed by atoms with E-state index >= 15 is 0 Å². The molecular formula is C27H50N4O4. The fraction of sp³-hybridized carbons (Fsp3) is 0.926. The van der Waals surface area contributed by atoms with Crippen LogP contribution in [0.25, 0.3) is 0 Å². The van der Waals surface area contributed by atoms with Gasteiger partial charge in [0, 0.05) is 38.1 Å². The van der Waals surface area contributed by atoms with Gasteiger partial charge in [-0.25, -0.2) is 9.59 Å². The van der Waals surface area contributed by atoms with Crippen LogP contribution in [0, 0.1) is 17.8 Å². The van der Waals surface area contributed by atoms with Crippen LogP contribution < -0.4 is 16.0 Å². The largest absolute Gasteiger partial charge is 0.453 e. The smallest absolute Gasteiger partial charge is 0.406 e. The molecule has 0 radical (unpaired) electrons. The lowest BCUT2D eigenvalue weighted by atomic mass is 9.78. The molecule has 3 fully saturated rings. The van der Waals surface area contributed by atoms with Crippen molar-refractivity contribution in [3.05, 3.63) is 0 Å². The Morgan fingerprint density at radius 2 is 1.63 bits per heavy atom. The summed E-state index contributed by atoms with van der Waals surface area (Å²) in [6, 6.07) is 0.270. The number of methoxy groups -OCH3 is 1. The van der Waals surface area contributed by atoms with E-state index in [-0.39, 0.29) is 18.2 Å². The van der Waals surface area contributed by atoms with Crippen LogP contribution in [-0.2, 0) is 9.47 Å². The van der Waals surface area contributed by atoms with Gasteiger partial charge in [0.1, 0.15) is 0 Å². The number of piperidine rings is 1. The number of alkyl carbamates (subject to hydrolysis) is 1. The van der Waals surface area contributed by atoms with E-state index in [1.54, 1.807) is 0 Å². The van der Waals surface area contributed by atoms with Crippen LogP contribution >= 0.6 is 0 Å². The van der Waals surface area contributed by atoms with Crippen molar-refractivity contribution >= 4 is 12.1 Å². The van der Waals surface area contributed by atoms with Crippen molar-refractivity contribution in [3.63, 3.8) is 0 Å². The summed E-state index contributed by atoms with van der Waals surface area (Å²) in [5.41, 5.74) is 0. The summed E-state index contributed by atoms with van der Waals surface area (Å²) in [7, 11) is 3.34. The van der Waals surface area contributed by atoms with Crippen LogP contribution in [-0.4, -0.2) is 76.1 Å². The van der Waals surface area contributed by atoms with Crippen molar-refractivity contribution in [1.82, 2.24) is 20.9 Å². The van der Waals surface area contributed by atoms with Gasteiger partial charge in [0.2, 0.25) is 0 Å². The molecule has 3 atom stereocenters. The number of hydrogen-bond acceptors (Lipinski definition) is 5. The molecule has 1 aliphatic heterocycles. The molecule has 2 saturated carbocycles. The molecule has 1 unspecified atom stereocenters. The van der Waals surface area contributed by atoms with Crippen LogP contribution in [0.5, 0.6) is 0 Å². The maximum atomic E-state index is 13.3. The Bertz CT molecular complexity index is 622. The quantitative estimate of drug-likeness (QED) is 0.373. The second kappa shape index (κ2) is 15.5. The van der Waals surface area contributed by atoms with Gasteiger partial charge in [-0.15, -0.1) is 0 Å². The molecule has 202 valence electrons. The molecule has 0 aromatic rings. The fourth-order valence-electron chi connectivity index (χ4n) is 6.53. The number of amides is 3. The highest BCUT2D eigenvalue weighted by Crippen LogP contribution is 2.35. The average molecular weight is 495 g/mol. The average Bonchev–Trinajstić information content (AvgIpc) is 2.89. The summed E-state index contributed by atoms with van der Waals surface area (Å²) >= 11 is 0. The molecular weight excluding hydrogens is 444 g/mol. The van der Waals surface area contributed by atoms with E-state index in [0.29, 0.717) is 25.0 Å². The Morgan fingerprint density at radius 1 is 0.943 bits per heavy atom. The fourth-order valence-corrected chi connectivity index (χ4v) is 6.53. The topological polar surface area (TPSA) is 91.9 Å². The molecule has 0 aromatic carbocycles. The molecule has 3 rings (SSSR count). The minimum absolute atomic E-state index is 0.0838. The van der Waals surface area contributed by atoms with Gasteiger partial charge in [0.15, 0.2) is 0 Å². The number of hydrogen-bond donors (Lipinski definition) is 3. The van der Waals surface area contributed by atoms with Gasteiger partial charge in [-0.2, -0.15) is 0 Å². The first-order valence-corrected chi connectivity index (χ1v) is 14.2. The number of carbonyl (C=O) groups excluding carboxylic acids is 2. The summed E-state index contributed by atoms with van der Waals surface area (Å²) in [4.78, 5) is 26.7. The Kier molecular flexibility index (Phi) is 12.5. The zero-order valence-electron chi connectivity index (χ0n) is 22.2. The van der Waals surface area contributed by atoms with Gasteiger partial charge in [0.05, 0.1) is 19.8 Å². The standard InChI is InChI=1S/C27H50N4O4/c1-28-19-24(18-21-10-5-3-6-11-21)30-26(32)31-16-9-14-23(20-31)25(22-12-7-4-8-13-22)35-17-15-29-27(33)34-2/h21-25,28H,3-20H2,1-2H3,(H,29,33)(H,30,32)/t23?,24-,25-/m0/s1. The number of nitrogens with one attached hydrogen (secondary N) is 3. The van der Waals surface area contributed by atoms with Gasteiger partial charge in [-0.3, -0.25) is 0 Å². The first-order valence-electron chi connectivity index (χ1n) is 14.2. The highest BCUT2D eigenvalue weighted by atomic mass is 16.5. The van der Waals surface area contributed by atoms with E-state index in [1.165, 1.54) is 71.3 Å². The van der Waals surface area contributed by atoms with Crippen molar-refractivity contribution in [2.24, 2.45) is 17.8 Å². The lowest BCUT2D eigenvalue weighted by Gasteiger charge is -2.41. The lowest BCUT2D eigenvalue weighted by Crippen LogP contribution is -2.53. The molecule has 3 N–H and O–H groups in total. The van der Waals surface area contributed by atoms with Crippen LogP contribution in [0.2, 0.25) is 0 Å². The third kappa shape index (κ3) is 9.45. The maximum absolute atomic E-state index is 13.3. The Hall–Kier alpha value is -1.54. The van der Waals surface area contributed by atoms with Crippen LogP contribution in [0.1, 0.15) is 83.5 Å². The van der Waals surface area contributed by atoms with E-state index in [9.17, 15) is 9.59 Å². The third-order valence-corrected chi connectivity index (χ3v) is 8.31. The van der Waals surface area contributed by atoms with Gasteiger partial charge >= 0.3 is 12.1 Å². The number of nitrogens with zero attached hydrogens (tertiary/aromatic N) is 1. The molecule has 35 heavy (non-hydrogen) atoms. The molecule has 2 aliphatic carbocycles. The minimum atomic E-state index is -0.423. The SMILES string of the molecule is CNC[C@H](CC1CCCCC1)NC(=O)N1CCCC([C@@H](OCCNC(=O)OC)C2CCCCC2)C1. The van der Waals surface area contributed by atoms with E-state index in [2.05, 4.69) is 20.7 Å². The number of urea groups is 1. The van der Waals surface area contributed by atoms with E-state index in [1.807, 2.05) is 11.9 Å². The summed E-state index contributed by atoms with van der Waals surface area (Å²) in [5.74, 6) is 1.62. The highest BCUT2D eigenvalue weighted by molar-refractivity contribution is 5.74. The highest BCUT2D eigenvalue weighted by Gasteiger charge is 2.36. The Balaban J connectivity index is 1.55. The van der Waals surface area contributed by atoms with Crippen LogP contribution in [0.15, 0.2) is 0 Å². The van der Waals surface area contributed by atoms with E-state index in [0.717, 1.165) is 44.8 Å². The van der Waals surface area contributed by atoms with E-state index < -0.39 is 6.09 Å².